The van der Waals surface area contributed by atoms with Crippen LogP contribution in [0.1, 0.15) is 133 Å². The fourth-order valence-electron chi connectivity index (χ4n) is 11.3. The number of amides is 7. The van der Waals surface area contributed by atoms with E-state index in [0.717, 1.165) is 27.0 Å². The number of aryl methyl sites for hydroxylation is 1. The van der Waals surface area contributed by atoms with Crippen LogP contribution in [0.15, 0.2) is 66.3 Å². The lowest BCUT2D eigenvalue weighted by molar-refractivity contribution is -0.187. The number of phenolic OH excluding ortho intramolecular Hbond substituents is 1. The van der Waals surface area contributed by atoms with E-state index in [2.05, 4.69) is 10.6 Å². The number of nitrogens with two attached hydrogens (primary N) is 1. The summed E-state index contributed by atoms with van der Waals surface area (Å²) < 4.78 is 24.1. The number of nitrogens with one attached hydrogen (secondary N) is 2. The van der Waals surface area contributed by atoms with Gasteiger partial charge in [0.05, 0.1) is 35.7 Å². The van der Waals surface area contributed by atoms with Gasteiger partial charge in [0.1, 0.15) is 47.1 Å². The molecule has 6 rings (SSSR count). The average molecular weight is 1220 g/mol. The summed E-state index contributed by atoms with van der Waals surface area (Å²) in [5, 5.41) is 28.9. The number of unbranched alkanes of at least 4 members (excludes halogenated alkanes) is 2. The Bertz CT molecular complexity index is 3020. The molecule has 2 saturated heterocycles. The van der Waals surface area contributed by atoms with Crippen molar-refractivity contribution >= 4 is 76.4 Å². The van der Waals surface area contributed by atoms with E-state index in [-0.39, 0.29) is 86.3 Å². The molecule has 23 heteroatoms. The van der Waals surface area contributed by atoms with Crippen molar-refractivity contribution in [2.45, 2.75) is 173 Å². The number of anilines is 1. The van der Waals surface area contributed by atoms with Gasteiger partial charge in [-0.2, -0.15) is 0 Å². The van der Waals surface area contributed by atoms with Gasteiger partial charge in [-0.25, -0.2) is 9.59 Å². The second-order valence-corrected chi connectivity index (χ2v) is 24.2. The Hall–Kier alpha value is -7.27. The number of esters is 2. The van der Waals surface area contributed by atoms with Gasteiger partial charge in [0.25, 0.3) is 17.7 Å². The van der Waals surface area contributed by atoms with Crippen LogP contribution in [-0.2, 0) is 70.1 Å². The molecule has 6 N–H and O–H groups in total. The third kappa shape index (κ3) is 17.0. The summed E-state index contributed by atoms with van der Waals surface area (Å²) in [5.41, 5.74) is 5.20. The number of allylic oxidation sites excluding steroid dienone is 3. The molecular weight excluding hydrogens is 1130 g/mol. The van der Waals surface area contributed by atoms with Gasteiger partial charge in [0, 0.05) is 95.1 Å². The summed E-state index contributed by atoms with van der Waals surface area (Å²) >= 11 is 6.86. The van der Waals surface area contributed by atoms with Gasteiger partial charge < -0.3 is 55.3 Å². The largest absolute Gasteiger partial charge is 0.508 e. The molecule has 86 heavy (non-hydrogen) atoms. The average Bonchev–Trinajstić information content (AvgIpc) is 1.64. The number of carbonyl (C=O) groups is 10. The zero-order chi connectivity index (χ0) is 63.5. The molecule has 4 bridgehead atoms. The summed E-state index contributed by atoms with van der Waals surface area (Å²) in [7, 11) is 4.35. The minimum atomic E-state index is -1.66. The zero-order valence-corrected chi connectivity index (χ0v) is 51.5. The molecule has 10 atom stereocenters. The predicted molar refractivity (Wildman–Crippen MR) is 317 cm³/mol. The molecule has 0 aromatic heterocycles. The Morgan fingerprint density at radius 3 is 2.34 bits per heavy atom. The van der Waals surface area contributed by atoms with Crippen molar-refractivity contribution < 1.29 is 77.1 Å². The van der Waals surface area contributed by atoms with Crippen LogP contribution in [0, 0.1) is 24.7 Å². The van der Waals surface area contributed by atoms with Crippen molar-refractivity contribution in [1.82, 2.24) is 20.4 Å². The number of fused-ring (bicyclic) bond motifs is 5. The van der Waals surface area contributed by atoms with Crippen LogP contribution in [0.3, 0.4) is 0 Å². The highest BCUT2D eigenvalue weighted by atomic mass is 35.5. The van der Waals surface area contributed by atoms with Gasteiger partial charge in [0.2, 0.25) is 11.8 Å². The number of urea groups is 1. The van der Waals surface area contributed by atoms with Crippen LogP contribution in [0.2, 0.25) is 5.02 Å². The molecule has 0 saturated carbocycles. The van der Waals surface area contributed by atoms with Crippen LogP contribution in [-0.4, -0.2) is 161 Å². The second-order valence-electron chi connectivity index (χ2n) is 23.8. The van der Waals surface area contributed by atoms with Crippen LogP contribution < -0.4 is 21.3 Å². The quantitative estimate of drug-likeness (QED) is 0.0377. The number of hydrogen-bond donors (Lipinski definition) is 5. The maximum absolute atomic E-state index is 14.5. The molecule has 0 radical (unpaired) electrons. The number of ether oxygens (including phenoxy) is 4. The standard InChI is InChI=1S/C63H83ClN6O16/c1-35(2)44(31-43(71)17-12-11-13-25-70-52(74)22-23-53(70)75)58(78)67-45(18-15-24-66-61(65)81)48(73)29-41-20-21-42(30-47(41)72)59(79)68(8)39(6)60(80)85-51-32-54(76)69(9)46-28-40(27-37(4)56(46)64)26-36(3)16-14-19-50(83-10)63(82)33-49(84-55(77)34-63)38(5)57-62(51,7)86-57/h14,16,19-23,27-28,30,35,38-39,44-45,49-51,57,72,82H,11-13,15,17-18,24-26,29,31-34H2,1-10H3,(H,67,78)(H3,65,66,81)/b19-14+,36-16+/t38-,39+,44+,45+,49+,50-,51+,57+,62+,63-/m1/s1. The molecule has 22 nitrogen and oxygen atoms in total. The summed E-state index contributed by atoms with van der Waals surface area (Å²) in [6.45, 7) is 12.5. The maximum atomic E-state index is 14.5. The van der Waals surface area contributed by atoms with Gasteiger partial charge >= 0.3 is 18.0 Å². The van der Waals surface area contributed by atoms with E-state index in [0.29, 0.717) is 42.0 Å². The molecule has 0 aliphatic carbocycles. The van der Waals surface area contributed by atoms with Crippen molar-refractivity contribution in [2.24, 2.45) is 23.5 Å². The molecule has 7 amide bonds. The smallest absolute Gasteiger partial charge is 0.328 e. The van der Waals surface area contributed by atoms with E-state index >= 15 is 0 Å². The summed E-state index contributed by atoms with van der Waals surface area (Å²) in [5.74, 6) is -6.90. The Balaban J connectivity index is 1.15. The third-order valence-corrected chi connectivity index (χ3v) is 17.4. The Morgan fingerprint density at radius 1 is 0.988 bits per heavy atom. The van der Waals surface area contributed by atoms with Gasteiger partial charge in [-0.15, -0.1) is 0 Å². The number of carbonyl (C=O) groups excluding carboxylic acids is 10. The van der Waals surface area contributed by atoms with Crippen molar-refractivity contribution in [1.29, 1.82) is 0 Å². The molecule has 0 spiro atoms. The molecule has 2 fully saturated rings. The second kappa shape index (κ2) is 29.4. The van der Waals surface area contributed by atoms with Gasteiger partial charge in [-0.05, 0) is 95.0 Å². The van der Waals surface area contributed by atoms with Gasteiger partial charge in [0.15, 0.2) is 5.78 Å². The van der Waals surface area contributed by atoms with E-state index in [1.54, 1.807) is 46.9 Å². The topological polar surface area (TPSA) is 311 Å². The first-order valence-corrected chi connectivity index (χ1v) is 29.6. The number of epoxide rings is 1. The fourth-order valence-corrected chi connectivity index (χ4v) is 11.6. The number of methoxy groups -OCH3 is 1. The summed E-state index contributed by atoms with van der Waals surface area (Å²) in [6.07, 6.45) is 5.15. The molecule has 4 heterocycles. The van der Waals surface area contributed by atoms with Crippen molar-refractivity contribution in [3.8, 4) is 5.75 Å². The molecule has 2 aromatic rings. The fraction of sp³-hybridized carbons (Fsp3) is 0.556. The van der Waals surface area contributed by atoms with Crippen molar-refractivity contribution in [2.75, 3.05) is 39.2 Å². The highest BCUT2D eigenvalue weighted by Crippen LogP contribution is 2.50. The number of ketones is 2. The summed E-state index contributed by atoms with van der Waals surface area (Å²) in [4.78, 5) is 136. The lowest BCUT2D eigenvalue weighted by Gasteiger charge is -2.41. The first-order valence-electron chi connectivity index (χ1n) is 29.2. The minimum absolute atomic E-state index is 0.0203. The van der Waals surface area contributed by atoms with Crippen molar-refractivity contribution in [3.05, 3.63) is 93.6 Å². The number of likely N-dealkylation sites (N-methyl/N-ethyl adjacent to an activating group) is 1. The number of aromatic hydroxyl groups is 1. The highest BCUT2D eigenvalue weighted by molar-refractivity contribution is 6.34. The number of phenols is 1. The minimum Gasteiger partial charge on any atom is -0.508 e. The predicted octanol–water partition coefficient (Wildman–Crippen LogP) is 5.85. The number of rotatable bonds is 23. The molecule has 2 aromatic carbocycles. The number of benzene rings is 2. The maximum Gasteiger partial charge on any atom is 0.328 e. The van der Waals surface area contributed by atoms with Gasteiger partial charge in [-0.3, -0.25) is 43.3 Å². The van der Waals surface area contributed by atoms with E-state index < -0.39 is 120 Å². The zero-order valence-electron chi connectivity index (χ0n) is 50.8. The third-order valence-electron chi connectivity index (χ3n) is 16.9. The van der Waals surface area contributed by atoms with E-state index in [4.69, 9.17) is 36.3 Å². The van der Waals surface area contributed by atoms with Crippen molar-refractivity contribution in [3.63, 3.8) is 0 Å². The number of hydrogen-bond acceptors (Lipinski definition) is 16. The van der Waals surface area contributed by atoms with Crippen LogP contribution >= 0.6 is 11.6 Å². The number of imide groups is 1. The lowest BCUT2D eigenvalue weighted by atomic mass is 9.78. The number of aliphatic hydroxyl groups is 1. The molecule has 4 aliphatic heterocycles. The Labute approximate surface area is 507 Å². The van der Waals surface area contributed by atoms with E-state index in [1.807, 2.05) is 32.1 Å². The Kier molecular flexibility index (Phi) is 23.2. The van der Waals surface area contributed by atoms with E-state index in [9.17, 15) is 58.2 Å². The van der Waals surface area contributed by atoms with Crippen LogP contribution in [0.25, 0.3) is 0 Å². The monoisotopic (exact) mass is 1210 g/mol. The highest BCUT2D eigenvalue weighted by Gasteiger charge is 2.64. The number of primary amides is 1. The van der Waals surface area contributed by atoms with Gasteiger partial charge in [-0.1, -0.05) is 74.7 Å². The van der Waals surface area contributed by atoms with Crippen LogP contribution in [0.5, 0.6) is 5.75 Å². The molecule has 0 unspecified atom stereocenters. The first-order chi connectivity index (χ1) is 40.5. The molecule has 4 aliphatic rings. The molecular formula is C63H83ClN6O16. The SMILES string of the molecule is CO[C@@H]1/C=C/C=C(\C)Cc2cc(C)c(Cl)c(c2)N(C)C(=O)C[C@H](OC(=O)[C@H](C)N(C)C(=O)c2ccc(CC(=O)[C@H](CCCNC(N)=O)NC(=O)[C@@H](CC(=O)CCCCCN3C(=O)C=CC3=O)C(C)C)c(O)c2)[C@]2(C)O[C@H]2[C@H](C)[C@@H]2C[C@@]1(O)CC(=O)O2. The molecule has 468 valence electrons. The number of Topliss-reactive ketones (excluding diaryl/α,β-unsaturated/α-hetero) is 2. The summed E-state index contributed by atoms with van der Waals surface area (Å²) in [6, 6.07) is 4.40. The normalized spacial score (nSPS) is 25.3. The number of halogens is 1. The number of nitrogens with zero attached hydrogens (tertiary/aromatic N) is 3. The van der Waals surface area contributed by atoms with Crippen LogP contribution in [0.4, 0.5) is 10.5 Å². The van der Waals surface area contributed by atoms with E-state index in [1.165, 1.54) is 50.3 Å². The Morgan fingerprint density at radius 2 is 1.69 bits per heavy atom. The lowest BCUT2D eigenvalue weighted by Crippen LogP contribution is -2.53. The first kappa shape index (κ1) is 67.9.